The van der Waals surface area contributed by atoms with E-state index in [1.54, 1.807) is 19.4 Å². The first-order valence-corrected chi connectivity index (χ1v) is 6.69. The lowest BCUT2D eigenvalue weighted by atomic mass is 9.99. The topological polar surface area (TPSA) is 51.6 Å². The van der Waals surface area contributed by atoms with Crippen LogP contribution in [0, 0.1) is 0 Å². The third-order valence-corrected chi connectivity index (χ3v) is 3.54. The van der Waals surface area contributed by atoms with E-state index < -0.39 is 6.10 Å². The van der Waals surface area contributed by atoms with Gasteiger partial charge in [0.25, 0.3) is 0 Å². The van der Waals surface area contributed by atoms with Gasteiger partial charge in [-0.25, -0.2) is 4.98 Å². The van der Waals surface area contributed by atoms with Gasteiger partial charge in [-0.05, 0) is 11.1 Å². The van der Waals surface area contributed by atoms with Crippen molar-refractivity contribution in [3.8, 4) is 11.6 Å². The number of ether oxygens (including phenoxy) is 2. The quantitative estimate of drug-likeness (QED) is 0.927. The van der Waals surface area contributed by atoms with E-state index >= 15 is 0 Å². The van der Waals surface area contributed by atoms with Crippen LogP contribution in [-0.4, -0.2) is 23.8 Å². The second-order valence-electron chi connectivity index (χ2n) is 4.86. The van der Waals surface area contributed by atoms with Gasteiger partial charge in [-0.2, -0.15) is 0 Å². The minimum Gasteiger partial charge on any atom is -0.493 e. The molecule has 0 radical (unpaired) electrons. The zero-order chi connectivity index (χ0) is 13.9. The van der Waals surface area contributed by atoms with Gasteiger partial charge in [-0.15, -0.1) is 0 Å². The molecule has 20 heavy (non-hydrogen) atoms. The first kappa shape index (κ1) is 12.9. The first-order valence-electron chi connectivity index (χ1n) is 6.69. The monoisotopic (exact) mass is 271 g/mol. The average molecular weight is 271 g/mol. The lowest BCUT2D eigenvalue weighted by Crippen LogP contribution is -2.04. The smallest absolute Gasteiger partial charge is 0.212 e. The van der Waals surface area contributed by atoms with E-state index in [-0.39, 0.29) is 0 Å². The Bertz CT molecular complexity index is 595. The molecule has 1 aliphatic heterocycles. The lowest BCUT2D eigenvalue weighted by Gasteiger charge is -2.14. The van der Waals surface area contributed by atoms with Crippen LogP contribution in [0.4, 0.5) is 0 Å². The molecule has 1 aliphatic rings. The average Bonchev–Trinajstić information content (AvgIpc) is 2.96. The summed E-state index contributed by atoms with van der Waals surface area (Å²) in [7, 11) is 1.58. The van der Waals surface area contributed by atoms with Crippen LogP contribution in [-0.2, 0) is 12.8 Å². The van der Waals surface area contributed by atoms with Crippen molar-refractivity contribution in [1.29, 1.82) is 0 Å². The van der Waals surface area contributed by atoms with Gasteiger partial charge in [0, 0.05) is 30.7 Å². The molecule has 4 nitrogen and oxygen atoms in total. The molecule has 1 aromatic heterocycles. The summed E-state index contributed by atoms with van der Waals surface area (Å²) in [4.78, 5) is 4.15. The number of pyridine rings is 1. The van der Waals surface area contributed by atoms with Crippen molar-refractivity contribution in [2.45, 2.75) is 18.9 Å². The molecule has 1 N–H and O–H groups in total. The minimum atomic E-state index is -0.585. The van der Waals surface area contributed by atoms with Crippen molar-refractivity contribution in [1.82, 2.24) is 4.98 Å². The van der Waals surface area contributed by atoms with Crippen molar-refractivity contribution in [3.05, 3.63) is 53.2 Å². The zero-order valence-corrected chi connectivity index (χ0v) is 11.4. The van der Waals surface area contributed by atoms with Crippen LogP contribution in [0.5, 0.6) is 11.6 Å². The van der Waals surface area contributed by atoms with Crippen molar-refractivity contribution >= 4 is 0 Å². The number of fused-ring (bicyclic) bond motifs is 1. The minimum absolute atomic E-state index is 0.511. The molecule has 4 heteroatoms. The normalized spacial score (nSPS) is 14.5. The van der Waals surface area contributed by atoms with Crippen LogP contribution in [0.1, 0.15) is 22.8 Å². The number of hydrogen-bond donors (Lipinski definition) is 1. The summed E-state index contributed by atoms with van der Waals surface area (Å²) in [6.07, 6.45) is 2.57. The van der Waals surface area contributed by atoms with Crippen molar-refractivity contribution < 1.29 is 14.6 Å². The van der Waals surface area contributed by atoms with Crippen LogP contribution in [0.2, 0.25) is 0 Å². The fourth-order valence-corrected chi connectivity index (χ4v) is 2.49. The van der Waals surface area contributed by atoms with Gasteiger partial charge in [-0.1, -0.05) is 24.3 Å². The number of nitrogens with zero attached hydrogens (tertiary/aromatic N) is 1. The number of aromatic nitrogens is 1. The van der Waals surface area contributed by atoms with Crippen LogP contribution >= 0.6 is 0 Å². The summed E-state index contributed by atoms with van der Waals surface area (Å²) < 4.78 is 10.7. The zero-order valence-electron chi connectivity index (χ0n) is 11.4. The Morgan fingerprint density at radius 2 is 2.25 bits per heavy atom. The maximum absolute atomic E-state index is 10.4. The Balaban J connectivity index is 1.79. The van der Waals surface area contributed by atoms with Gasteiger partial charge in [0.1, 0.15) is 5.75 Å². The van der Waals surface area contributed by atoms with Gasteiger partial charge >= 0.3 is 0 Å². The summed E-state index contributed by atoms with van der Waals surface area (Å²) in [6, 6.07) is 9.66. The van der Waals surface area contributed by atoms with E-state index in [0.29, 0.717) is 18.9 Å². The molecule has 0 bridgehead atoms. The van der Waals surface area contributed by atoms with Gasteiger partial charge in [0.05, 0.1) is 19.8 Å². The van der Waals surface area contributed by atoms with Crippen LogP contribution in [0.3, 0.4) is 0 Å². The highest BCUT2D eigenvalue weighted by Crippen LogP contribution is 2.34. The number of hydrogen-bond acceptors (Lipinski definition) is 4. The third-order valence-electron chi connectivity index (χ3n) is 3.54. The fraction of sp³-hybridized carbons (Fsp3) is 0.312. The van der Waals surface area contributed by atoms with Crippen molar-refractivity contribution in [2.75, 3.05) is 13.7 Å². The van der Waals surface area contributed by atoms with Gasteiger partial charge in [-0.3, -0.25) is 0 Å². The van der Waals surface area contributed by atoms with E-state index in [9.17, 15) is 5.11 Å². The summed E-state index contributed by atoms with van der Waals surface area (Å²) in [6.45, 7) is 0.698. The Morgan fingerprint density at radius 1 is 1.35 bits per heavy atom. The summed E-state index contributed by atoms with van der Waals surface area (Å²) in [5.74, 6) is 1.42. The van der Waals surface area contributed by atoms with Crippen LogP contribution in [0.25, 0.3) is 0 Å². The molecule has 0 spiro atoms. The Labute approximate surface area is 118 Å². The van der Waals surface area contributed by atoms with Crippen molar-refractivity contribution in [3.63, 3.8) is 0 Å². The molecule has 3 rings (SSSR count). The van der Waals surface area contributed by atoms with Gasteiger partial charge < -0.3 is 14.6 Å². The van der Waals surface area contributed by atoms with Crippen molar-refractivity contribution in [2.24, 2.45) is 0 Å². The Hall–Kier alpha value is -2.07. The number of para-hydroxylation sites is 1. The van der Waals surface area contributed by atoms with E-state index in [0.717, 1.165) is 23.3 Å². The number of aliphatic hydroxyl groups is 1. The highest BCUT2D eigenvalue weighted by Gasteiger charge is 2.20. The first-order chi connectivity index (χ1) is 9.78. The molecule has 1 aromatic carbocycles. The highest BCUT2D eigenvalue weighted by molar-refractivity contribution is 5.45. The fourth-order valence-electron chi connectivity index (χ4n) is 2.49. The standard InChI is InChI=1S/C16H17NO3/c1-19-15-6-5-11(10-17-15)9-14(18)13-4-2-3-12-7-8-20-16(12)13/h2-6,10,14,18H,7-9H2,1H3. The van der Waals surface area contributed by atoms with Crippen LogP contribution < -0.4 is 9.47 Å². The lowest BCUT2D eigenvalue weighted by molar-refractivity contribution is 0.173. The maximum Gasteiger partial charge on any atom is 0.212 e. The Morgan fingerprint density at radius 3 is 3.00 bits per heavy atom. The number of methoxy groups -OCH3 is 1. The highest BCUT2D eigenvalue weighted by atomic mass is 16.5. The molecule has 0 saturated carbocycles. The molecule has 0 saturated heterocycles. The van der Waals surface area contributed by atoms with E-state index in [2.05, 4.69) is 4.98 Å². The van der Waals surface area contributed by atoms with E-state index in [1.807, 2.05) is 24.3 Å². The second-order valence-corrected chi connectivity index (χ2v) is 4.86. The number of benzene rings is 1. The van der Waals surface area contributed by atoms with Gasteiger partial charge in [0.2, 0.25) is 5.88 Å². The SMILES string of the molecule is COc1ccc(CC(O)c2cccc3c2OCC3)cn1. The van der Waals surface area contributed by atoms with Crippen LogP contribution in [0.15, 0.2) is 36.5 Å². The largest absolute Gasteiger partial charge is 0.493 e. The third kappa shape index (κ3) is 2.47. The molecule has 2 aromatic rings. The molecule has 0 aliphatic carbocycles. The predicted molar refractivity (Wildman–Crippen MR) is 75.1 cm³/mol. The molecular formula is C16H17NO3. The number of aliphatic hydroxyl groups excluding tert-OH is 1. The molecule has 0 fully saturated rings. The summed E-state index contributed by atoms with van der Waals surface area (Å²) in [5, 5.41) is 10.4. The second kappa shape index (κ2) is 5.51. The molecule has 0 amide bonds. The summed E-state index contributed by atoms with van der Waals surface area (Å²) >= 11 is 0. The maximum atomic E-state index is 10.4. The molecular weight excluding hydrogens is 254 g/mol. The summed E-state index contributed by atoms with van der Waals surface area (Å²) in [5.41, 5.74) is 3.00. The van der Waals surface area contributed by atoms with E-state index in [4.69, 9.17) is 9.47 Å². The molecule has 104 valence electrons. The molecule has 2 heterocycles. The van der Waals surface area contributed by atoms with E-state index in [1.165, 1.54) is 5.56 Å². The number of rotatable bonds is 4. The molecule has 1 atom stereocenters. The predicted octanol–water partition coefficient (Wildman–Crippen LogP) is 2.30. The molecule has 1 unspecified atom stereocenters. The van der Waals surface area contributed by atoms with Gasteiger partial charge in [0.15, 0.2) is 0 Å². The Kier molecular flexibility index (Phi) is 3.56.